The minimum absolute atomic E-state index is 0.232. The Kier molecular flexibility index (Phi) is 6.31. The van der Waals surface area contributed by atoms with E-state index in [1.165, 1.54) is 11.8 Å². The Morgan fingerprint density at radius 2 is 2.07 bits per heavy atom. The van der Waals surface area contributed by atoms with Crippen molar-refractivity contribution in [3.8, 4) is 5.75 Å². The van der Waals surface area contributed by atoms with Gasteiger partial charge in [0.05, 0.1) is 24.5 Å². The molecule has 0 saturated heterocycles. The smallest absolute Gasteiger partial charge is 0.277 e. The zero-order valence-electron chi connectivity index (χ0n) is 14.7. The molecule has 27 heavy (non-hydrogen) atoms. The molecule has 2 aromatic heterocycles. The van der Waals surface area contributed by atoms with Gasteiger partial charge < -0.3 is 14.5 Å². The third kappa shape index (κ3) is 5.21. The van der Waals surface area contributed by atoms with E-state index in [0.29, 0.717) is 23.2 Å². The van der Waals surface area contributed by atoms with Crippen LogP contribution in [-0.4, -0.2) is 33.4 Å². The normalized spacial score (nSPS) is 11.8. The van der Waals surface area contributed by atoms with Crippen molar-refractivity contribution >= 4 is 35.0 Å². The quantitative estimate of drug-likeness (QED) is 0.472. The number of methoxy groups -OCH3 is 1. The SMILES string of the molecule is COc1ccc(Cc2nnc(S[C@@H](C)C(=O)Nc3cccnc3Cl)o2)cc1. The number of benzene rings is 1. The monoisotopic (exact) mass is 404 g/mol. The molecule has 1 amide bonds. The topological polar surface area (TPSA) is 90.1 Å². The molecule has 0 radical (unpaired) electrons. The molecule has 0 unspecified atom stereocenters. The molecule has 0 fully saturated rings. The van der Waals surface area contributed by atoms with Gasteiger partial charge in [0, 0.05) is 6.20 Å². The summed E-state index contributed by atoms with van der Waals surface area (Å²) in [5.41, 5.74) is 1.48. The summed E-state index contributed by atoms with van der Waals surface area (Å²) in [6, 6.07) is 11.0. The summed E-state index contributed by atoms with van der Waals surface area (Å²) < 4.78 is 10.8. The highest BCUT2D eigenvalue weighted by Crippen LogP contribution is 2.25. The summed E-state index contributed by atoms with van der Waals surface area (Å²) in [6.07, 6.45) is 2.06. The standard InChI is InChI=1S/C18H17ClN4O3S/c1-11(17(24)21-14-4-3-9-20-16(14)19)27-18-23-22-15(26-18)10-12-5-7-13(25-2)8-6-12/h3-9,11H,10H2,1-2H3,(H,21,24)/t11-/m0/s1. The van der Waals surface area contributed by atoms with Gasteiger partial charge in [-0.2, -0.15) is 0 Å². The molecule has 3 rings (SSSR count). The minimum atomic E-state index is -0.449. The number of anilines is 1. The Hall–Kier alpha value is -2.58. The van der Waals surface area contributed by atoms with E-state index in [1.807, 2.05) is 24.3 Å². The average molecular weight is 405 g/mol. The average Bonchev–Trinajstić information content (AvgIpc) is 3.11. The molecule has 7 nitrogen and oxygen atoms in total. The molecule has 140 valence electrons. The molecule has 1 N–H and O–H groups in total. The molecule has 0 spiro atoms. The van der Waals surface area contributed by atoms with Gasteiger partial charge in [0.1, 0.15) is 5.75 Å². The molecule has 0 bridgehead atoms. The van der Waals surface area contributed by atoms with E-state index in [9.17, 15) is 4.79 Å². The zero-order valence-corrected chi connectivity index (χ0v) is 16.3. The minimum Gasteiger partial charge on any atom is -0.497 e. The number of hydrogen-bond donors (Lipinski definition) is 1. The fourth-order valence-corrected chi connectivity index (χ4v) is 3.06. The van der Waals surface area contributed by atoms with E-state index >= 15 is 0 Å². The van der Waals surface area contributed by atoms with Crippen LogP contribution in [0.1, 0.15) is 18.4 Å². The van der Waals surface area contributed by atoms with E-state index in [0.717, 1.165) is 11.3 Å². The van der Waals surface area contributed by atoms with E-state index in [2.05, 4.69) is 20.5 Å². The van der Waals surface area contributed by atoms with Crippen molar-refractivity contribution in [2.24, 2.45) is 0 Å². The van der Waals surface area contributed by atoms with E-state index in [4.69, 9.17) is 20.8 Å². The van der Waals surface area contributed by atoms with Crippen LogP contribution in [0, 0.1) is 0 Å². The van der Waals surface area contributed by atoms with E-state index in [1.54, 1.807) is 32.4 Å². The second kappa shape index (κ2) is 8.88. The van der Waals surface area contributed by atoms with Gasteiger partial charge >= 0.3 is 0 Å². The zero-order chi connectivity index (χ0) is 19.2. The number of pyridine rings is 1. The van der Waals surface area contributed by atoms with Crippen molar-refractivity contribution in [2.45, 2.75) is 23.8 Å². The number of nitrogens with one attached hydrogen (secondary N) is 1. The molecular formula is C18H17ClN4O3S. The van der Waals surface area contributed by atoms with Crippen LogP contribution in [0.4, 0.5) is 5.69 Å². The van der Waals surface area contributed by atoms with Crippen molar-refractivity contribution in [3.05, 3.63) is 59.2 Å². The largest absolute Gasteiger partial charge is 0.497 e. The van der Waals surface area contributed by atoms with Crippen LogP contribution in [0.3, 0.4) is 0 Å². The van der Waals surface area contributed by atoms with E-state index < -0.39 is 5.25 Å². The number of halogens is 1. The second-order valence-corrected chi connectivity index (χ2v) is 7.23. The number of carbonyl (C=O) groups excluding carboxylic acids is 1. The molecule has 1 atom stereocenters. The predicted molar refractivity (Wildman–Crippen MR) is 103 cm³/mol. The van der Waals surface area contributed by atoms with E-state index in [-0.39, 0.29) is 11.1 Å². The summed E-state index contributed by atoms with van der Waals surface area (Å²) >= 11 is 7.13. The maximum Gasteiger partial charge on any atom is 0.277 e. The lowest BCUT2D eigenvalue weighted by Gasteiger charge is -2.10. The van der Waals surface area contributed by atoms with Crippen molar-refractivity contribution in [1.29, 1.82) is 0 Å². The van der Waals surface area contributed by atoms with Gasteiger partial charge in [-0.3, -0.25) is 4.79 Å². The number of aromatic nitrogens is 3. The van der Waals surface area contributed by atoms with Gasteiger partial charge in [-0.1, -0.05) is 35.5 Å². The highest BCUT2D eigenvalue weighted by atomic mass is 35.5. The van der Waals surface area contributed by atoms with Crippen LogP contribution >= 0.6 is 23.4 Å². The maximum absolute atomic E-state index is 12.3. The molecule has 0 aliphatic heterocycles. The number of amides is 1. The third-order valence-corrected chi connectivity index (χ3v) is 4.86. The first-order valence-electron chi connectivity index (χ1n) is 8.08. The van der Waals surface area contributed by atoms with Gasteiger partial charge in [0.15, 0.2) is 5.15 Å². The molecule has 3 aromatic rings. The fourth-order valence-electron chi connectivity index (χ4n) is 2.19. The van der Waals surface area contributed by atoms with Crippen LogP contribution in [-0.2, 0) is 11.2 Å². The van der Waals surface area contributed by atoms with Crippen LogP contribution in [0.15, 0.2) is 52.2 Å². The molecule has 9 heteroatoms. The Morgan fingerprint density at radius 1 is 1.30 bits per heavy atom. The van der Waals surface area contributed by atoms with Crippen LogP contribution < -0.4 is 10.1 Å². The summed E-state index contributed by atoms with van der Waals surface area (Å²) in [4.78, 5) is 16.2. The fraction of sp³-hybridized carbons (Fsp3) is 0.222. The van der Waals surface area contributed by atoms with Crippen LogP contribution in [0.25, 0.3) is 0 Å². The van der Waals surface area contributed by atoms with Crippen molar-refractivity contribution in [1.82, 2.24) is 15.2 Å². The number of ether oxygens (including phenoxy) is 1. The highest BCUT2D eigenvalue weighted by Gasteiger charge is 2.19. The first-order chi connectivity index (χ1) is 13.0. The predicted octanol–water partition coefficient (Wildman–Crippen LogP) is 3.84. The number of hydrogen-bond acceptors (Lipinski definition) is 7. The van der Waals surface area contributed by atoms with Gasteiger partial charge in [-0.25, -0.2) is 4.98 Å². The summed E-state index contributed by atoms with van der Waals surface area (Å²) in [5.74, 6) is 1.03. The van der Waals surface area contributed by atoms with Gasteiger partial charge in [0.2, 0.25) is 11.8 Å². The number of nitrogens with zero attached hydrogens (tertiary/aromatic N) is 3. The van der Waals surface area contributed by atoms with Crippen molar-refractivity contribution in [2.75, 3.05) is 12.4 Å². The third-order valence-electron chi connectivity index (χ3n) is 3.63. The summed E-state index contributed by atoms with van der Waals surface area (Å²) in [7, 11) is 1.62. The van der Waals surface area contributed by atoms with Gasteiger partial charge in [0.25, 0.3) is 5.22 Å². The Labute approximate surface area is 165 Å². The summed E-state index contributed by atoms with van der Waals surface area (Å²) in [6.45, 7) is 1.75. The van der Waals surface area contributed by atoms with Crippen LogP contribution in [0.2, 0.25) is 5.15 Å². The lowest BCUT2D eigenvalue weighted by atomic mass is 10.1. The first-order valence-corrected chi connectivity index (χ1v) is 9.34. The van der Waals surface area contributed by atoms with Crippen molar-refractivity contribution < 1.29 is 13.9 Å². The molecule has 0 aliphatic rings. The number of carbonyl (C=O) groups is 1. The highest BCUT2D eigenvalue weighted by molar-refractivity contribution is 8.00. The van der Waals surface area contributed by atoms with Crippen LogP contribution in [0.5, 0.6) is 5.75 Å². The van der Waals surface area contributed by atoms with Gasteiger partial charge in [-0.15, -0.1) is 10.2 Å². The summed E-state index contributed by atoms with van der Waals surface area (Å²) in [5, 5.41) is 10.9. The molecule has 1 aromatic carbocycles. The van der Waals surface area contributed by atoms with Crippen molar-refractivity contribution in [3.63, 3.8) is 0 Å². The maximum atomic E-state index is 12.3. The molecule has 2 heterocycles. The first kappa shape index (κ1) is 19.2. The Morgan fingerprint density at radius 3 is 2.78 bits per heavy atom. The Balaban J connectivity index is 1.57. The lowest BCUT2D eigenvalue weighted by Crippen LogP contribution is -2.22. The Bertz CT molecular complexity index is 917. The molecule has 0 saturated carbocycles. The lowest BCUT2D eigenvalue weighted by molar-refractivity contribution is -0.115. The van der Waals surface area contributed by atoms with Gasteiger partial charge in [-0.05, 0) is 36.8 Å². The molecule has 0 aliphatic carbocycles. The number of rotatable bonds is 7. The number of thioether (sulfide) groups is 1. The molecular weight excluding hydrogens is 388 g/mol. The second-order valence-electron chi connectivity index (χ2n) is 5.58.